The Balaban J connectivity index is 1.83. The quantitative estimate of drug-likeness (QED) is 0.841. The van der Waals surface area contributed by atoms with Gasteiger partial charge in [-0.25, -0.2) is 0 Å². The summed E-state index contributed by atoms with van der Waals surface area (Å²) in [7, 11) is 0. The summed E-state index contributed by atoms with van der Waals surface area (Å²) in [6, 6.07) is 6.10. The molecule has 1 aliphatic heterocycles. The maximum Gasteiger partial charge on any atom is 0.0876 e. The number of ether oxygens (including phenoxy) is 1. The topological polar surface area (TPSA) is 48.1 Å². The molecule has 2 N–H and O–H groups in total. The lowest BCUT2D eigenvalue weighted by Gasteiger charge is -2.19. The zero-order valence-electron chi connectivity index (χ0n) is 9.43. The van der Waals surface area contributed by atoms with Crippen LogP contribution in [-0.2, 0) is 11.2 Å². The van der Waals surface area contributed by atoms with Crippen molar-refractivity contribution >= 4 is 0 Å². The largest absolute Gasteiger partial charge is 0.501 e. The molecule has 0 saturated carbocycles. The second-order valence-corrected chi connectivity index (χ2v) is 4.13. The van der Waals surface area contributed by atoms with Crippen LogP contribution in [0, 0.1) is 0 Å². The van der Waals surface area contributed by atoms with Crippen molar-refractivity contribution in [3.63, 3.8) is 0 Å². The van der Waals surface area contributed by atoms with Crippen molar-refractivity contribution in [2.75, 3.05) is 6.61 Å². The van der Waals surface area contributed by atoms with Gasteiger partial charge in [0, 0.05) is 17.9 Å². The lowest BCUT2D eigenvalue weighted by atomic mass is 9.98. The first-order chi connectivity index (χ1) is 7.86. The van der Waals surface area contributed by atoms with Crippen molar-refractivity contribution in [2.24, 2.45) is 5.73 Å². The molecule has 0 aliphatic carbocycles. The highest BCUT2D eigenvalue weighted by molar-refractivity contribution is 5.11. The van der Waals surface area contributed by atoms with E-state index in [0.717, 1.165) is 38.0 Å². The smallest absolute Gasteiger partial charge is 0.0876 e. The Hall–Kier alpha value is -1.35. The minimum Gasteiger partial charge on any atom is -0.501 e. The van der Waals surface area contributed by atoms with Crippen molar-refractivity contribution in [1.82, 2.24) is 4.98 Å². The number of hydrogen-bond acceptors (Lipinski definition) is 3. The van der Waals surface area contributed by atoms with Crippen LogP contribution < -0.4 is 5.73 Å². The van der Waals surface area contributed by atoms with Crippen molar-refractivity contribution < 1.29 is 4.74 Å². The number of rotatable bonds is 4. The molecule has 16 heavy (non-hydrogen) atoms. The second kappa shape index (κ2) is 5.66. The fourth-order valence-electron chi connectivity index (χ4n) is 1.89. The van der Waals surface area contributed by atoms with E-state index in [1.54, 1.807) is 0 Å². The van der Waals surface area contributed by atoms with Crippen molar-refractivity contribution in [1.29, 1.82) is 0 Å². The molecule has 0 fully saturated rings. The van der Waals surface area contributed by atoms with E-state index in [-0.39, 0.29) is 6.04 Å². The van der Waals surface area contributed by atoms with Gasteiger partial charge < -0.3 is 10.5 Å². The van der Waals surface area contributed by atoms with E-state index in [0.29, 0.717) is 0 Å². The molecule has 3 heteroatoms. The molecule has 1 aromatic heterocycles. The Kier molecular flexibility index (Phi) is 3.94. The molecule has 0 spiro atoms. The van der Waals surface area contributed by atoms with E-state index >= 15 is 0 Å². The molecule has 0 amide bonds. The SMILES string of the molecule is NC(CCc1ccccn1)C1=COCCC1. The molecule has 3 nitrogen and oxygen atoms in total. The summed E-state index contributed by atoms with van der Waals surface area (Å²) in [4.78, 5) is 4.29. The Morgan fingerprint density at radius 1 is 1.44 bits per heavy atom. The van der Waals surface area contributed by atoms with E-state index in [1.807, 2.05) is 30.7 Å². The first-order valence-electron chi connectivity index (χ1n) is 5.82. The molecular weight excluding hydrogens is 200 g/mol. The van der Waals surface area contributed by atoms with Gasteiger partial charge in [0.25, 0.3) is 0 Å². The average molecular weight is 218 g/mol. The van der Waals surface area contributed by atoms with Gasteiger partial charge in [-0.2, -0.15) is 0 Å². The predicted molar refractivity (Wildman–Crippen MR) is 63.8 cm³/mol. The van der Waals surface area contributed by atoms with Crippen molar-refractivity contribution in [3.8, 4) is 0 Å². The average Bonchev–Trinajstić information content (AvgIpc) is 2.38. The molecule has 0 bridgehead atoms. The molecule has 1 unspecified atom stereocenters. The first kappa shape index (κ1) is 11.1. The summed E-state index contributed by atoms with van der Waals surface area (Å²) in [6.07, 6.45) is 7.69. The molecule has 86 valence electrons. The van der Waals surface area contributed by atoms with E-state index in [9.17, 15) is 0 Å². The van der Waals surface area contributed by atoms with Crippen LogP contribution >= 0.6 is 0 Å². The zero-order chi connectivity index (χ0) is 11.2. The molecule has 0 radical (unpaired) electrons. The number of nitrogens with two attached hydrogens (primary N) is 1. The van der Waals surface area contributed by atoms with Crippen LogP contribution in [0.25, 0.3) is 0 Å². The van der Waals surface area contributed by atoms with E-state index in [4.69, 9.17) is 10.5 Å². The standard InChI is InChI=1S/C13H18N2O/c14-13(11-4-3-9-16-10-11)7-6-12-5-1-2-8-15-12/h1-2,5,8,10,13H,3-4,6-7,9,14H2. The number of hydrogen-bond donors (Lipinski definition) is 1. The summed E-state index contributed by atoms with van der Waals surface area (Å²) in [5, 5.41) is 0. The van der Waals surface area contributed by atoms with Gasteiger partial charge in [-0.1, -0.05) is 6.07 Å². The van der Waals surface area contributed by atoms with Gasteiger partial charge in [-0.15, -0.1) is 0 Å². The van der Waals surface area contributed by atoms with Gasteiger partial charge in [0.15, 0.2) is 0 Å². The van der Waals surface area contributed by atoms with Crippen molar-refractivity contribution in [3.05, 3.63) is 41.9 Å². The van der Waals surface area contributed by atoms with Gasteiger partial charge in [-0.3, -0.25) is 4.98 Å². The highest BCUT2D eigenvalue weighted by Crippen LogP contribution is 2.17. The van der Waals surface area contributed by atoms with Crippen molar-refractivity contribution in [2.45, 2.75) is 31.7 Å². The number of nitrogens with zero attached hydrogens (tertiary/aromatic N) is 1. The maximum absolute atomic E-state index is 6.12. The van der Waals surface area contributed by atoms with Crippen LogP contribution in [0.5, 0.6) is 0 Å². The Labute approximate surface area is 96.3 Å². The van der Waals surface area contributed by atoms with E-state index in [1.165, 1.54) is 5.57 Å². The molecule has 1 aliphatic rings. The lowest BCUT2D eigenvalue weighted by Crippen LogP contribution is -2.25. The maximum atomic E-state index is 6.12. The zero-order valence-corrected chi connectivity index (χ0v) is 9.43. The molecule has 0 saturated heterocycles. The van der Waals surface area contributed by atoms with Gasteiger partial charge >= 0.3 is 0 Å². The summed E-state index contributed by atoms with van der Waals surface area (Å²) in [6.45, 7) is 0.830. The van der Waals surface area contributed by atoms with E-state index < -0.39 is 0 Å². The number of aryl methyl sites for hydroxylation is 1. The molecule has 2 heterocycles. The number of aromatic nitrogens is 1. The molecule has 1 aromatic rings. The predicted octanol–water partition coefficient (Wildman–Crippen LogP) is 2.04. The Morgan fingerprint density at radius 3 is 3.06 bits per heavy atom. The van der Waals surface area contributed by atoms with Crippen LogP contribution in [0.15, 0.2) is 36.2 Å². The van der Waals surface area contributed by atoms with Crippen LogP contribution in [0.4, 0.5) is 0 Å². The third kappa shape index (κ3) is 3.07. The fraction of sp³-hybridized carbons (Fsp3) is 0.462. The van der Waals surface area contributed by atoms with Crippen LogP contribution in [0.2, 0.25) is 0 Å². The summed E-state index contributed by atoms with van der Waals surface area (Å²) in [5.74, 6) is 0. The summed E-state index contributed by atoms with van der Waals surface area (Å²) in [5.41, 5.74) is 8.47. The van der Waals surface area contributed by atoms with Gasteiger partial charge in [0.2, 0.25) is 0 Å². The van der Waals surface area contributed by atoms with Gasteiger partial charge in [-0.05, 0) is 43.4 Å². The highest BCUT2D eigenvalue weighted by Gasteiger charge is 2.12. The molecular formula is C13H18N2O. The molecule has 1 atom stereocenters. The molecule has 2 rings (SSSR count). The normalized spacial score (nSPS) is 17.4. The second-order valence-electron chi connectivity index (χ2n) is 4.13. The van der Waals surface area contributed by atoms with Crippen LogP contribution in [0.3, 0.4) is 0 Å². The van der Waals surface area contributed by atoms with Gasteiger partial charge in [0.05, 0.1) is 12.9 Å². The first-order valence-corrected chi connectivity index (χ1v) is 5.82. The van der Waals surface area contributed by atoms with Gasteiger partial charge in [0.1, 0.15) is 0 Å². The number of pyridine rings is 1. The monoisotopic (exact) mass is 218 g/mol. The minimum absolute atomic E-state index is 0.113. The minimum atomic E-state index is 0.113. The van der Waals surface area contributed by atoms with Crippen LogP contribution in [0.1, 0.15) is 25.0 Å². The van der Waals surface area contributed by atoms with E-state index in [2.05, 4.69) is 4.98 Å². The summed E-state index contributed by atoms with van der Waals surface area (Å²) >= 11 is 0. The third-order valence-corrected chi connectivity index (χ3v) is 2.88. The Bertz CT molecular complexity index is 348. The fourth-order valence-corrected chi connectivity index (χ4v) is 1.89. The highest BCUT2D eigenvalue weighted by atomic mass is 16.5. The van der Waals surface area contributed by atoms with Crippen LogP contribution in [-0.4, -0.2) is 17.6 Å². The third-order valence-electron chi connectivity index (χ3n) is 2.88. The Morgan fingerprint density at radius 2 is 2.38 bits per heavy atom. The lowest BCUT2D eigenvalue weighted by molar-refractivity contribution is 0.221. The molecule has 0 aromatic carbocycles. The summed E-state index contributed by atoms with van der Waals surface area (Å²) < 4.78 is 5.30.